The number of hydrogen-bond acceptors (Lipinski definition) is 3. The zero-order valence-corrected chi connectivity index (χ0v) is 13.3. The van der Waals surface area contributed by atoms with Gasteiger partial charge in [-0.05, 0) is 32.1 Å². The summed E-state index contributed by atoms with van der Waals surface area (Å²) in [5.41, 5.74) is 3.56. The van der Waals surface area contributed by atoms with E-state index in [1.54, 1.807) is 0 Å². The van der Waals surface area contributed by atoms with Crippen molar-refractivity contribution >= 4 is 0 Å². The molecule has 0 aromatic carbocycles. The van der Waals surface area contributed by atoms with Gasteiger partial charge in [-0.15, -0.1) is 0 Å². The second-order valence-electron chi connectivity index (χ2n) is 6.35. The average Bonchev–Trinajstić information content (AvgIpc) is 2.68. The van der Waals surface area contributed by atoms with Crippen molar-refractivity contribution in [3.8, 4) is 0 Å². The first-order valence-electron chi connectivity index (χ1n) is 7.91. The SMILES string of the molecule is Cc1nn(CCO)c(C)c1CNC1CCCC(C)C1C. The van der Waals surface area contributed by atoms with Gasteiger partial charge in [0.1, 0.15) is 0 Å². The topological polar surface area (TPSA) is 50.1 Å². The Morgan fingerprint density at radius 3 is 2.75 bits per heavy atom. The van der Waals surface area contributed by atoms with E-state index in [1.807, 2.05) is 4.68 Å². The van der Waals surface area contributed by atoms with E-state index in [9.17, 15) is 0 Å². The number of aliphatic hydroxyl groups excluding tert-OH is 1. The summed E-state index contributed by atoms with van der Waals surface area (Å²) in [5.74, 6) is 1.57. The third kappa shape index (κ3) is 3.23. The van der Waals surface area contributed by atoms with Gasteiger partial charge in [0.25, 0.3) is 0 Å². The molecule has 3 unspecified atom stereocenters. The van der Waals surface area contributed by atoms with Gasteiger partial charge in [0, 0.05) is 23.8 Å². The van der Waals surface area contributed by atoms with Crippen LogP contribution in [0.4, 0.5) is 0 Å². The van der Waals surface area contributed by atoms with Gasteiger partial charge in [0.2, 0.25) is 0 Å². The molecule has 0 saturated heterocycles. The highest BCUT2D eigenvalue weighted by molar-refractivity contribution is 5.24. The molecule has 4 heteroatoms. The predicted molar refractivity (Wildman–Crippen MR) is 81.6 cm³/mol. The maximum absolute atomic E-state index is 9.07. The third-order valence-corrected chi connectivity index (χ3v) is 5.09. The first kappa shape index (κ1) is 15.5. The smallest absolute Gasteiger partial charge is 0.0644 e. The lowest BCUT2D eigenvalue weighted by Gasteiger charge is -2.34. The first-order chi connectivity index (χ1) is 9.54. The Morgan fingerprint density at radius 2 is 2.05 bits per heavy atom. The lowest BCUT2D eigenvalue weighted by molar-refractivity contribution is 0.206. The van der Waals surface area contributed by atoms with Crippen LogP contribution in [0.15, 0.2) is 0 Å². The number of aromatic nitrogens is 2. The molecule has 1 heterocycles. The summed E-state index contributed by atoms with van der Waals surface area (Å²) >= 11 is 0. The van der Waals surface area contributed by atoms with Gasteiger partial charge in [-0.1, -0.05) is 26.7 Å². The molecule has 0 radical (unpaired) electrons. The average molecular weight is 279 g/mol. The minimum atomic E-state index is 0.145. The van der Waals surface area contributed by atoms with Crippen LogP contribution in [-0.2, 0) is 13.1 Å². The number of aliphatic hydroxyl groups is 1. The van der Waals surface area contributed by atoms with Crippen molar-refractivity contribution in [2.45, 2.75) is 66.1 Å². The second kappa shape index (κ2) is 6.72. The van der Waals surface area contributed by atoms with Crippen LogP contribution in [0.3, 0.4) is 0 Å². The maximum atomic E-state index is 9.07. The van der Waals surface area contributed by atoms with E-state index in [4.69, 9.17) is 5.11 Å². The zero-order valence-electron chi connectivity index (χ0n) is 13.3. The third-order valence-electron chi connectivity index (χ3n) is 5.09. The van der Waals surface area contributed by atoms with Gasteiger partial charge in [-0.2, -0.15) is 5.10 Å². The maximum Gasteiger partial charge on any atom is 0.0644 e. The van der Waals surface area contributed by atoms with Crippen LogP contribution >= 0.6 is 0 Å². The van der Waals surface area contributed by atoms with E-state index in [1.165, 1.54) is 30.5 Å². The molecule has 2 N–H and O–H groups in total. The summed E-state index contributed by atoms with van der Waals surface area (Å²) in [6.45, 7) is 10.5. The highest BCUT2D eigenvalue weighted by Gasteiger charge is 2.26. The molecule has 1 aromatic heterocycles. The first-order valence-corrected chi connectivity index (χ1v) is 7.91. The van der Waals surface area contributed by atoms with E-state index < -0.39 is 0 Å². The molecule has 1 aliphatic carbocycles. The second-order valence-corrected chi connectivity index (χ2v) is 6.35. The number of nitrogens with one attached hydrogen (secondary N) is 1. The summed E-state index contributed by atoms with van der Waals surface area (Å²) < 4.78 is 1.92. The van der Waals surface area contributed by atoms with Crippen LogP contribution in [-0.4, -0.2) is 27.5 Å². The molecule has 20 heavy (non-hydrogen) atoms. The monoisotopic (exact) mass is 279 g/mol. The van der Waals surface area contributed by atoms with Crippen molar-refractivity contribution in [2.24, 2.45) is 11.8 Å². The molecule has 1 aromatic rings. The molecule has 1 fully saturated rings. The van der Waals surface area contributed by atoms with E-state index in [2.05, 4.69) is 38.1 Å². The predicted octanol–water partition coefficient (Wildman–Crippen LogP) is 2.41. The summed E-state index contributed by atoms with van der Waals surface area (Å²) in [4.78, 5) is 0. The van der Waals surface area contributed by atoms with Gasteiger partial charge >= 0.3 is 0 Å². The molecular formula is C16H29N3O. The lowest BCUT2D eigenvalue weighted by atomic mass is 9.78. The van der Waals surface area contributed by atoms with Crippen molar-refractivity contribution < 1.29 is 5.11 Å². The fraction of sp³-hybridized carbons (Fsp3) is 0.812. The standard InChI is InChI=1S/C16H29N3O/c1-11-6-5-7-16(12(11)2)17-10-15-13(3)18-19(8-9-20)14(15)4/h11-12,16-17,20H,5-10H2,1-4H3. The van der Waals surface area contributed by atoms with Gasteiger partial charge in [-0.25, -0.2) is 0 Å². The molecule has 2 rings (SSSR count). The molecular weight excluding hydrogens is 250 g/mol. The Morgan fingerprint density at radius 1 is 1.30 bits per heavy atom. The lowest BCUT2D eigenvalue weighted by Crippen LogP contribution is -2.40. The van der Waals surface area contributed by atoms with Crippen LogP contribution in [0.2, 0.25) is 0 Å². The van der Waals surface area contributed by atoms with Gasteiger partial charge in [-0.3, -0.25) is 4.68 Å². The number of nitrogens with zero attached hydrogens (tertiary/aromatic N) is 2. The molecule has 0 spiro atoms. The molecule has 3 atom stereocenters. The molecule has 1 saturated carbocycles. The molecule has 1 aliphatic rings. The molecule has 0 amide bonds. The zero-order chi connectivity index (χ0) is 14.7. The van der Waals surface area contributed by atoms with Crippen LogP contribution in [0.5, 0.6) is 0 Å². The minimum absolute atomic E-state index is 0.145. The van der Waals surface area contributed by atoms with Crippen molar-refractivity contribution in [2.75, 3.05) is 6.61 Å². The Hall–Kier alpha value is -0.870. The van der Waals surface area contributed by atoms with Crippen molar-refractivity contribution in [1.29, 1.82) is 0 Å². The largest absolute Gasteiger partial charge is 0.394 e. The highest BCUT2D eigenvalue weighted by atomic mass is 16.3. The van der Waals surface area contributed by atoms with Gasteiger partial charge in [0.05, 0.1) is 18.8 Å². The van der Waals surface area contributed by atoms with Crippen molar-refractivity contribution in [3.05, 3.63) is 17.0 Å². The summed E-state index contributed by atoms with van der Waals surface area (Å²) in [7, 11) is 0. The Bertz CT molecular complexity index is 441. The molecule has 4 nitrogen and oxygen atoms in total. The Kier molecular flexibility index (Phi) is 5.22. The number of aryl methyl sites for hydroxylation is 1. The van der Waals surface area contributed by atoms with Crippen LogP contribution in [0, 0.1) is 25.7 Å². The summed E-state index contributed by atoms with van der Waals surface area (Å²) in [6.07, 6.45) is 3.99. The van der Waals surface area contributed by atoms with Crippen molar-refractivity contribution in [3.63, 3.8) is 0 Å². The molecule has 0 aliphatic heterocycles. The minimum Gasteiger partial charge on any atom is -0.394 e. The van der Waals surface area contributed by atoms with Gasteiger partial charge in [0.15, 0.2) is 0 Å². The van der Waals surface area contributed by atoms with Gasteiger partial charge < -0.3 is 10.4 Å². The Balaban J connectivity index is 2.00. The van der Waals surface area contributed by atoms with Crippen LogP contribution in [0.25, 0.3) is 0 Å². The number of hydrogen-bond donors (Lipinski definition) is 2. The Labute approximate surface area is 122 Å². The van der Waals surface area contributed by atoms with Crippen LogP contribution in [0.1, 0.15) is 50.1 Å². The summed E-state index contributed by atoms with van der Waals surface area (Å²) in [6, 6.07) is 0.624. The quantitative estimate of drug-likeness (QED) is 0.870. The fourth-order valence-electron chi connectivity index (χ4n) is 3.41. The summed E-state index contributed by atoms with van der Waals surface area (Å²) in [5, 5.41) is 17.3. The van der Waals surface area contributed by atoms with E-state index in [0.29, 0.717) is 12.6 Å². The fourth-order valence-corrected chi connectivity index (χ4v) is 3.41. The van der Waals surface area contributed by atoms with E-state index in [0.717, 1.165) is 24.1 Å². The van der Waals surface area contributed by atoms with E-state index >= 15 is 0 Å². The van der Waals surface area contributed by atoms with Crippen molar-refractivity contribution in [1.82, 2.24) is 15.1 Å². The number of rotatable bonds is 5. The molecule has 114 valence electrons. The van der Waals surface area contributed by atoms with E-state index in [-0.39, 0.29) is 6.61 Å². The normalized spacial score (nSPS) is 26.9. The molecule has 0 bridgehead atoms. The highest BCUT2D eigenvalue weighted by Crippen LogP contribution is 2.29. The van der Waals surface area contributed by atoms with Crippen LogP contribution < -0.4 is 5.32 Å².